The summed E-state index contributed by atoms with van der Waals surface area (Å²) in [7, 11) is 0. The highest BCUT2D eigenvalue weighted by Crippen LogP contribution is 1.97. The Morgan fingerprint density at radius 1 is 0.882 bits per heavy atom. The first-order valence-corrected chi connectivity index (χ1v) is 5.28. The second kappa shape index (κ2) is 5.53. The Bertz CT molecular complexity index is 550. The molecule has 82 valence electrons. The van der Waals surface area contributed by atoms with Crippen LogP contribution in [-0.2, 0) is 0 Å². The Morgan fingerprint density at radius 3 is 2.12 bits per heavy atom. The van der Waals surface area contributed by atoms with Crippen molar-refractivity contribution in [2.45, 2.75) is 0 Å². The lowest BCUT2D eigenvalue weighted by atomic mass is 10.2. The number of rotatable bonds is 1. The molecule has 0 unspecified atom stereocenters. The average molecular weight is 221 g/mol. The van der Waals surface area contributed by atoms with E-state index in [1.54, 1.807) is 12.1 Å². The Balaban J connectivity index is 2.00. The molecule has 0 heterocycles. The van der Waals surface area contributed by atoms with E-state index < -0.39 is 0 Å². The first-order valence-electron chi connectivity index (χ1n) is 5.28. The van der Waals surface area contributed by atoms with Crippen LogP contribution in [-0.4, -0.2) is 5.91 Å². The first kappa shape index (κ1) is 11.0. The SMILES string of the molecule is O=C(NC#Cc1ccccc1)c1ccccc1. The molecule has 1 amide bonds. The van der Waals surface area contributed by atoms with E-state index in [1.165, 1.54) is 0 Å². The van der Waals surface area contributed by atoms with Gasteiger partial charge in [0.2, 0.25) is 0 Å². The molecule has 0 saturated carbocycles. The molecule has 0 aliphatic rings. The largest absolute Gasteiger partial charge is 0.281 e. The van der Waals surface area contributed by atoms with E-state index in [-0.39, 0.29) is 5.91 Å². The summed E-state index contributed by atoms with van der Waals surface area (Å²) in [5.74, 6) is 2.68. The van der Waals surface area contributed by atoms with E-state index in [0.29, 0.717) is 5.56 Å². The van der Waals surface area contributed by atoms with Crippen LogP contribution in [0, 0.1) is 12.0 Å². The number of benzene rings is 2. The van der Waals surface area contributed by atoms with E-state index in [0.717, 1.165) is 5.56 Å². The Labute approximate surface area is 100 Å². The summed E-state index contributed by atoms with van der Waals surface area (Å²) in [6, 6.07) is 21.2. The molecular formula is C15H11NO. The number of carbonyl (C=O) groups is 1. The van der Waals surface area contributed by atoms with Crippen LogP contribution in [0.1, 0.15) is 15.9 Å². The molecule has 17 heavy (non-hydrogen) atoms. The highest BCUT2D eigenvalue weighted by atomic mass is 16.1. The van der Waals surface area contributed by atoms with Gasteiger partial charge in [0.25, 0.3) is 5.91 Å². The second-order valence-corrected chi connectivity index (χ2v) is 3.44. The summed E-state index contributed by atoms with van der Waals surface area (Å²) in [5, 5.41) is 2.55. The Morgan fingerprint density at radius 2 is 1.47 bits per heavy atom. The number of amides is 1. The molecule has 2 rings (SSSR count). The summed E-state index contributed by atoms with van der Waals surface area (Å²) in [6.07, 6.45) is 0. The van der Waals surface area contributed by atoms with Crippen LogP contribution in [0.15, 0.2) is 60.7 Å². The fourth-order valence-corrected chi connectivity index (χ4v) is 1.34. The molecule has 0 saturated heterocycles. The van der Waals surface area contributed by atoms with Crippen molar-refractivity contribution in [3.05, 3.63) is 71.8 Å². The second-order valence-electron chi connectivity index (χ2n) is 3.44. The highest BCUT2D eigenvalue weighted by Gasteiger charge is 2.00. The van der Waals surface area contributed by atoms with Gasteiger partial charge in [-0.15, -0.1) is 0 Å². The zero-order valence-electron chi connectivity index (χ0n) is 9.18. The highest BCUT2D eigenvalue weighted by molar-refractivity contribution is 5.95. The van der Waals surface area contributed by atoms with Gasteiger partial charge in [0.15, 0.2) is 0 Å². The lowest BCUT2D eigenvalue weighted by Gasteiger charge is -1.96. The van der Waals surface area contributed by atoms with Crippen molar-refractivity contribution in [3.63, 3.8) is 0 Å². The van der Waals surface area contributed by atoms with Gasteiger partial charge in [0, 0.05) is 17.2 Å². The molecule has 0 fully saturated rings. The molecular weight excluding hydrogens is 210 g/mol. The van der Waals surface area contributed by atoms with Crippen molar-refractivity contribution in [2.24, 2.45) is 0 Å². The summed E-state index contributed by atoms with van der Waals surface area (Å²) in [4.78, 5) is 11.6. The van der Waals surface area contributed by atoms with E-state index in [4.69, 9.17) is 0 Å². The molecule has 0 aliphatic heterocycles. The Hall–Kier alpha value is -2.53. The van der Waals surface area contributed by atoms with Gasteiger partial charge in [-0.05, 0) is 30.2 Å². The van der Waals surface area contributed by atoms with Crippen molar-refractivity contribution in [2.75, 3.05) is 0 Å². The standard InChI is InChI=1S/C15H11NO/c17-15(14-9-5-2-6-10-14)16-12-11-13-7-3-1-4-8-13/h1-10H,(H,16,17). The molecule has 1 N–H and O–H groups in total. The van der Waals surface area contributed by atoms with Crippen LogP contribution < -0.4 is 5.32 Å². The minimum absolute atomic E-state index is 0.186. The fraction of sp³-hybridized carbons (Fsp3) is 0. The normalized spacial score (nSPS) is 8.94. The van der Waals surface area contributed by atoms with Crippen molar-refractivity contribution in [3.8, 4) is 12.0 Å². The van der Waals surface area contributed by atoms with E-state index >= 15 is 0 Å². The maximum Gasteiger partial charge on any atom is 0.262 e. The third kappa shape index (κ3) is 3.22. The summed E-state index contributed by atoms with van der Waals surface area (Å²) in [5.41, 5.74) is 1.48. The molecule has 0 atom stereocenters. The summed E-state index contributed by atoms with van der Waals surface area (Å²) >= 11 is 0. The van der Waals surface area contributed by atoms with Crippen LogP contribution in [0.4, 0.5) is 0 Å². The van der Waals surface area contributed by atoms with Crippen LogP contribution in [0.2, 0.25) is 0 Å². The Kier molecular flexibility index (Phi) is 3.57. The number of hydrogen-bond donors (Lipinski definition) is 1. The quantitative estimate of drug-likeness (QED) is 0.581. The third-order valence-corrected chi connectivity index (χ3v) is 2.19. The lowest BCUT2D eigenvalue weighted by Crippen LogP contribution is -2.17. The van der Waals surface area contributed by atoms with Crippen molar-refractivity contribution in [1.82, 2.24) is 5.32 Å². The van der Waals surface area contributed by atoms with Crippen LogP contribution in [0.5, 0.6) is 0 Å². The maximum absolute atomic E-state index is 11.6. The molecule has 2 heteroatoms. The van der Waals surface area contributed by atoms with Gasteiger partial charge in [-0.25, -0.2) is 0 Å². The molecule has 2 aromatic carbocycles. The minimum Gasteiger partial charge on any atom is -0.281 e. The maximum atomic E-state index is 11.6. The molecule has 0 radical (unpaired) electrons. The predicted octanol–water partition coefficient (Wildman–Crippen LogP) is 2.43. The van der Waals surface area contributed by atoms with Crippen molar-refractivity contribution >= 4 is 5.91 Å². The number of nitrogens with one attached hydrogen (secondary N) is 1. The molecule has 2 aromatic rings. The van der Waals surface area contributed by atoms with Gasteiger partial charge in [-0.2, -0.15) is 0 Å². The van der Waals surface area contributed by atoms with Crippen molar-refractivity contribution in [1.29, 1.82) is 0 Å². The first-order chi connectivity index (χ1) is 8.36. The predicted molar refractivity (Wildman–Crippen MR) is 67.2 cm³/mol. The van der Waals surface area contributed by atoms with Gasteiger partial charge in [0.05, 0.1) is 0 Å². The molecule has 0 aliphatic carbocycles. The van der Waals surface area contributed by atoms with Gasteiger partial charge in [-0.3, -0.25) is 10.1 Å². The lowest BCUT2D eigenvalue weighted by molar-refractivity contribution is 0.0973. The molecule has 2 nitrogen and oxygen atoms in total. The number of hydrogen-bond acceptors (Lipinski definition) is 1. The summed E-state index contributed by atoms with van der Waals surface area (Å²) in [6.45, 7) is 0. The van der Waals surface area contributed by atoms with E-state index in [1.807, 2.05) is 48.5 Å². The topological polar surface area (TPSA) is 29.1 Å². The summed E-state index contributed by atoms with van der Waals surface area (Å²) < 4.78 is 0. The average Bonchev–Trinajstić information content (AvgIpc) is 2.41. The fourth-order valence-electron chi connectivity index (χ4n) is 1.34. The number of carbonyl (C=O) groups excluding carboxylic acids is 1. The van der Waals surface area contributed by atoms with Gasteiger partial charge < -0.3 is 0 Å². The van der Waals surface area contributed by atoms with E-state index in [9.17, 15) is 4.79 Å². The van der Waals surface area contributed by atoms with Crippen LogP contribution >= 0.6 is 0 Å². The van der Waals surface area contributed by atoms with Gasteiger partial charge >= 0.3 is 0 Å². The monoisotopic (exact) mass is 221 g/mol. The van der Waals surface area contributed by atoms with Gasteiger partial charge in [0.1, 0.15) is 0 Å². The zero-order valence-corrected chi connectivity index (χ0v) is 9.18. The minimum atomic E-state index is -0.186. The molecule has 0 spiro atoms. The molecule has 0 bridgehead atoms. The van der Waals surface area contributed by atoms with Crippen LogP contribution in [0.3, 0.4) is 0 Å². The van der Waals surface area contributed by atoms with Crippen molar-refractivity contribution < 1.29 is 4.79 Å². The third-order valence-electron chi connectivity index (χ3n) is 2.19. The van der Waals surface area contributed by atoms with Crippen LogP contribution in [0.25, 0.3) is 0 Å². The van der Waals surface area contributed by atoms with Gasteiger partial charge in [-0.1, -0.05) is 36.4 Å². The van der Waals surface area contributed by atoms with E-state index in [2.05, 4.69) is 17.3 Å². The smallest absolute Gasteiger partial charge is 0.262 e. The molecule has 0 aromatic heterocycles. The zero-order chi connectivity index (χ0) is 11.9.